The molecule has 140 valence electrons. The summed E-state index contributed by atoms with van der Waals surface area (Å²) in [7, 11) is 0. The number of benzene rings is 1. The van der Waals surface area contributed by atoms with Gasteiger partial charge in [0.2, 0.25) is 5.43 Å². The molecule has 2 aromatic heterocycles. The van der Waals surface area contributed by atoms with E-state index in [1.54, 1.807) is 23.1 Å². The van der Waals surface area contributed by atoms with Gasteiger partial charge in [-0.15, -0.1) is 17.9 Å². The highest BCUT2D eigenvalue weighted by Gasteiger charge is 2.33. The minimum absolute atomic E-state index is 0.0526. The summed E-state index contributed by atoms with van der Waals surface area (Å²) in [5.74, 6) is 0.742. The molecule has 0 spiro atoms. The number of ether oxygens (including phenoxy) is 1. The molecule has 0 aliphatic carbocycles. The van der Waals surface area contributed by atoms with E-state index in [0.29, 0.717) is 18.5 Å². The smallest absolute Gasteiger partial charge is 0.211 e. The van der Waals surface area contributed by atoms with Crippen molar-refractivity contribution < 1.29 is 4.74 Å². The summed E-state index contributed by atoms with van der Waals surface area (Å²) < 4.78 is 8.17. The van der Waals surface area contributed by atoms with Crippen LogP contribution in [0.15, 0.2) is 52.9 Å². The Morgan fingerprint density at radius 3 is 2.89 bits per heavy atom. The zero-order valence-corrected chi connectivity index (χ0v) is 17.2. The number of hydrogen-bond donors (Lipinski definition) is 0. The molecule has 6 heteroatoms. The van der Waals surface area contributed by atoms with E-state index in [2.05, 4.69) is 25.0 Å². The van der Waals surface area contributed by atoms with Gasteiger partial charge in [-0.1, -0.05) is 43.0 Å². The molecule has 3 heterocycles. The van der Waals surface area contributed by atoms with E-state index in [1.165, 1.54) is 0 Å². The highest BCUT2D eigenvalue weighted by atomic mass is 32.2. The molecule has 0 N–H and O–H groups in total. The molecular weight excluding hydrogens is 376 g/mol. The zero-order chi connectivity index (χ0) is 19.0. The Balaban J connectivity index is 1.96. The van der Waals surface area contributed by atoms with Gasteiger partial charge in [-0.3, -0.25) is 9.36 Å². The molecule has 1 aliphatic heterocycles. The van der Waals surface area contributed by atoms with Gasteiger partial charge in [-0.25, -0.2) is 4.98 Å². The SMILES string of the molecule is C=CCSc1nc2c(=O)c3c(sc2n1-c1ccccc1)COC(C)(CC)C3. The first-order valence-corrected chi connectivity index (χ1v) is 10.9. The number of hydrogen-bond acceptors (Lipinski definition) is 5. The third-order valence-corrected chi connectivity index (χ3v) is 7.16. The second-order valence-electron chi connectivity index (χ2n) is 6.92. The minimum Gasteiger partial charge on any atom is -0.369 e. The van der Waals surface area contributed by atoms with Crippen molar-refractivity contribution in [2.24, 2.45) is 0 Å². The number of fused-ring (bicyclic) bond motifs is 2. The Labute approximate surface area is 166 Å². The van der Waals surface area contributed by atoms with E-state index in [4.69, 9.17) is 9.72 Å². The third kappa shape index (κ3) is 3.26. The first-order chi connectivity index (χ1) is 13.1. The zero-order valence-electron chi connectivity index (χ0n) is 15.5. The lowest BCUT2D eigenvalue weighted by atomic mass is 9.91. The molecule has 0 amide bonds. The second kappa shape index (κ2) is 7.26. The predicted molar refractivity (Wildman–Crippen MR) is 113 cm³/mol. The molecule has 1 atom stereocenters. The van der Waals surface area contributed by atoms with Crippen molar-refractivity contribution in [3.63, 3.8) is 0 Å². The predicted octanol–water partition coefficient (Wildman–Crippen LogP) is 4.97. The van der Waals surface area contributed by atoms with Crippen molar-refractivity contribution in [3.8, 4) is 5.69 Å². The Hall–Kier alpha value is -1.89. The van der Waals surface area contributed by atoms with Gasteiger partial charge >= 0.3 is 0 Å². The fraction of sp³-hybridized carbons (Fsp3) is 0.333. The molecule has 0 fully saturated rings. The number of nitrogens with zero attached hydrogens (tertiary/aromatic N) is 2. The van der Waals surface area contributed by atoms with Crippen molar-refractivity contribution in [1.82, 2.24) is 9.55 Å². The third-order valence-electron chi connectivity index (χ3n) is 5.05. The molecule has 4 rings (SSSR count). The van der Waals surface area contributed by atoms with Crippen molar-refractivity contribution in [2.75, 3.05) is 5.75 Å². The molecule has 1 aliphatic rings. The first-order valence-electron chi connectivity index (χ1n) is 9.06. The molecule has 0 saturated heterocycles. The molecule has 0 saturated carbocycles. The van der Waals surface area contributed by atoms with Gasteiger partial charge in [-0.2, -0.15) is 0 Å². The molecule has 1 aromatic carbocycles. The highest BCUT2D eigenvalue weighted by Crippen LogP contribution is 2.36. The maximum Gasteiger partial charge on any atom is 0.211 e. The van der Waals surface area contributed by atoms with Crippen LogP contribution in [-0.2, 0) is 17.8 Å². The Morgan fingerprint density at radius 1 is 1.41 bits per heavy atom. The fourth-order valence-electron chi connectivity index (χ4n) is 3.30. The summed E-state index contributed by atoms with van der Waals surface area (Å²) in [5.41, 5.74) is 2.24. The van der Waals surface area contributed by atoms with E-state index in [0.717, 1.165) is 38.3 Å². The largest absolute Gasteiger partial charge is 0.369 e. The molecule has 0 bridgehead atoms. The van der Waals surface area contributed by atoms with Crippen LogP contribution in [-0.4, -0.2) is 20.9 Å². The van der Waals surface area contributed by atoms with E-state index in [9.17, 15) is 4.79 Å². The first kappa shape index (κ1) is 18.5. The number of imidazole rings is 1. The van der Waals surface area contributed by atoms with Crippen molar-refractivity contribution in [3.05, 3.63) is 63.7 Å². The Bertz CT molecular complexity index is 1060. The van der Waals surface area contributed by atoms with Crippen LogP contribution in [0.1, 0.15) is 30.7 Å². The maximum atomic E-state index is 13.3. The van der Waals surface area contributed by atoms with Crippen LogP contribution < -0.4 is 5.43 Å². The van der Waals surface area contributed by atoms with Gasteiger partial charge in [0, 0.05) is 28.3 Å². The van der Waals surface area contributed by atoms with Crippen molar-refractivity contribution >= 4 is 33.4 Å². The molecule has 27 heavy (non-hydrogen) atoms. The van der Waals surface area contributed by atoms with Crippen LogP contribution in [0.4, 0.5) is 0 Å². The minimum atomic E-state index is -0.269. The number of aromatic nitrogens is 2. The number of thioether (sulfide) groups is 1. The van der Waals surface area contributed by atoms with Crippen LogP contribution in [0.5, 0.6) is 0 Å². The number of rotatable bonds is 5. The van der Waals surface area contributed by atoms with Crippen LogP contribution in [0.25, 0.3) is 16.0 Å². The van der Waals surface area contributed by atoms with Crippen LogP contribution in [0, 0.1) is 0 Å². The van der Waals surface area contributed by atoms with Crippen molar-refractivity contribution in [2.45, 2.75) is 44.1 Å². The van der Waals surface area contributed by atoms with Crippen LogP contribution in [0.2, 0.25) is 0 Å². The van der Waals surface area contributed by atoms with E-state index < -0.39 is 0 Å². The van der Waals surface area contributed by atoms with E-state index >= 15 is 0 Å². The van der Waals surface area contributed by atoms with Gasteiger partial charge in [0.1, 0.15) is 10.3 Å². The van der Waals surface area contributed by atoms with E-state index in [-0.39, 0.29) is 11.0 Å². The van der Waals surface area contributed by atoms with Crippen LogP contribution >= 0.6 is 23.1 Å². The number of para-hydroxylation sites is 1. The quantitative estimate of drug-likeness (QED) is 0.450. The summed E-state index contributed by atoms with van der Waals surface area (Å²) in [6.07, 6.45) is 3.39. The highest BCUT2D eigenvalue weighted by molar-refractivity contribution is 7.99. The van der Waals surface area contributed by atoms with Crippen molar-refractivity contribution in [1.29, 1.82) is 0 Å². The molecular formula is C21H22N2O2S2. The average molecular weight is 399 g/mol. The molecule has 4 nitrogen and oxygen atoms in total. The summed E-state index contributed by atoms with van der Waals surface area (Å²) in [5, 5.41) is 0.825. The standard InChI is InChI=1S/C21H22N2O2S2/c1-4-11-26-20-22-17-18(24)15-12-21(3,5-2)25-13-16(15)27-19(17)23(20)14-9-7-6-8-10-14/h4,6-10H,1,5,11-13H2,2-3H3. The molecule has 1 unspecified atom stereocenters. The lowest BCUT2D eigenvalue weighted by Crippen LogP contribution is -2.37. The average Bonchev–Trinajstić information content (AvgIpc) is 3.06. The lowest BCUT2D eigenvalue weighted by Gasteiger charge is -2.33. The van der Waals surface area contributed by atoms with Gasteiger partial charge in [0.05, 0.1) is 12.2 Å². The second-order valence-corrected chi connectivity index (χ2v) is 8.99. The topological polar surface area (TPSA) is 44.1 Å². The van der Waals surface area contributed by atoms with Gasteiger partial charge in [0.15, 0.2) is 5.16 Å². The Morgan fingerprint density at radius 2 is 2.19 bits per heavy atom. The Kier molecular flexibility index (Phi) is 4.97. The van der Waals surface area contributed by atoms with Crippen LogP contribution in [0.3, 0.4) is 0 Å². The fourth-order valence-corrected chi connectivity index (χ4v) is 5.26. The van der Waals surface area contributed by atoms with Gasteiger partial charge < -0.3 is 4.74 Å². The summed E-state index contributed by atoms with van der Waals surface area (Å²) in [6, 6.07) is 10.1. The summed E-state index contributed by atoms with van der Waals surface area (Å²) in [4.78, 5) is 19.9. The maximum absolute atomic E-state index is 13.3. The molecule has 0 radical (unpaired) electrons. The normalized spacial score (nSPS) is 19.2. The summed E-state index contributed by atoms with van der Waals surface area (Å²) >= 11 is 3.22. The van der Waals surface area contributed by atoms with Gasteiger partial charge in [-0.05, 0) is 25.5 Å². The van der Waals surface area contributed by atoms with Gasteiger partial charge in [0.25, 0.3) is 0 Å². The molecule has 3 aromatic rings. The summed E-state index contributed by atoms with van der Waals surface area (Å²) in [6.45, 7) is 8.48. The lowest BCUT2D eigenvalue weighted by molar-refractivity contribution is -0.0550. The van der Waals surface area contributed by atoms with E-state index in [1.807, 2.05) is 36.4 Å². The monoisotopic (exact) mass is 398 g/mol.